The summed E-state index contributed by atoms with van der Waals surface area (Å²) in [5, 5.41) is 9.51. The Morgan fingerprint density at radius 3 is 2.62 bits per heavy atom. The summed E-state index contributed by atoms with van der Waals surface area (Å²) in [5.74, 6) is 0.753. The highest BCUT2D eigenvalue weighted by Crippen LogP contribution is 2.34. The third-order valence-electron chi connectivity index (χ3n) is 5.41. The second-order valence-electron chi connectivity index (χ2n) is 7.73. The number of carboxylic acid groups (broad SMARTS) is 1. The summed E-state index contributed by atoms with van der Waals surface area (Å²) in [6, 6.07) is 10.9. The van der Waals surface area contributed by atoms with Gasteiger partial charge in [0.15, 0.2) is 5.78 Å². The number of fused-ring (bicyclic) bond motifs is 1. The predicted octanol–water partition coefficient (Wildman–Crippen LogP) is 4.09. The molecule has 1 aliphatic rings. The van der Waals surface area contributed by atoms with Crippen LogP contribution in [0, 0.1) is 0 Å². The molecule has 2 aromatic carbocycles. The van der Waals surface area contributed by atoms with Crippen LogP contribution >= 0.6 is 0 Å². The Hall–Kier alpha value is -3.06. The molecule has 172 valence electrons. The summed E-state index contributed by atoms with van der Waals surface area (Å²) in [7, 11) is 1.56. The van der Waals surface area contributed by atoms with E-state index in [1.807, 2.05) is 18.2 Å². The van der Waals surface area contributed by atoms with Gasteiger partial charge in [-0.25, -0.2) is 4.79 Å². The van der Waals surface area contributed by atoms with Gasteiger partial charge in [-0.2, -0.15) is 0 Å². The van der Waals surface area contributed by atoms with Crippen LogP contribution in [-0.4, -0.2) is 49.4 Å². The van der Waals surface area contributed by atoms with Gasteiger partial charge < -0.3 is 24.1 Å². The quantitative estimate of drug-likeness (QED) is 0.414. The van der Waals surface area contributed by atoms with Crippen molar-refractivity contribution in [3.8, 4) is 17.2 Å². The van der Waals surface area contributed by atoms with Gasteiger partial charge >= 0.3 is 5.97 Å². The zero-order chi connectivity index (χ0) is 23.1. The molecule has 0 fully saturated rings. The molecule has 0 radical (unpaired) electrons. The van der Waals surface area contributed by atoms with Crippen molar-refractivity contribution in [2.45, 2.75) is 51.7 Å². The molecule has 2 unspecified atom stereocenters. The maximum atomic E-state index is 11.9. The van der Waals surface area contributed by atoms with E-state index in [1.165, 1.54) is 6.92 Å². The highest BCUT2D eigenvalue weighted by Gasteiger charge is 2.36. The Morgan fingerprint density at radius 2 is 1.94 bits per heavy atom. The van der Waals surface area contributed by atoms with Crippen LogP contribution in [-0.2, 0) is 22.4 Å². The van der Waals surface area contributed by atoms with Crippen molar-refractivity contribution in [2.24, 2.45) is 0 Å². The van der Waals surface area contributed by atoms with E-state index in [9.17, 15) is 14.7 Å². The molecule has 2 aromatic rings. The van der Waals surface area contributed by atoms with Gasteiger partial charge in [-0.3, -0.25) is 4.79 Å². The molecule has 1 aliphatic heterocycles. The Kier molecular flexibility index (Phi) is 8.11. The monoisotopic (exact) mass is 442 g/mol. The smallest absolute Gasteiger partial charge is 0.347 e. The summed E-state index contributed by atoms with van der Waals surface area (Å²) >= 11 is 0. The summed E-state index contributed by atoms with van der Waals surface area (Å²) in [4.78, 5) is 23.5. The standard InChI is InChI=1S/C25H30O7/c1-4-8-19-21(12-11-18(16(2)26)23(19)29-3)30-13-7-14-31-22-15-17-9-5-6-10-20(17)32-24(22)25(27)28/h5-6,9-12,22,24H,4,7-8,13-15H2,1-3H3,(H,27,28). The minimum Gasteiger partial charge on any atom is -0.496 e. The van der Waals surface area contributed by atoms with Gasteiger partial charge in [0, 0.05) is 18.4 Å². The molecule has 0 saturated carbocycles. The summed E-state index contributed by atoms with van der Waals surface area (Å²) in [5.41, 5.74) is 2.36. The van der Waals surface area contributed by atoms with Gasteiger partial charge in [0.25, 0.3) is 0 Å². The van der Waals surface area contributed by atoms with E-state index >= 15 is 0 Å². The van der Waals surface area contributed by atoms with E-state index in [-0.39, 0.29) is 5.78 Å². The van der Waals surface area contributed by atoms with Crippen LogP contribution in [0.3, 0.4) is 0 Å². The number of rotatable bonds is 11. The molecular weight excluding hydrogens is 412 g/mol. The van der Waals surface area contributed by atoms with Gasteiger partial charge in [0.1, 0.15) is 23.4 Å². The van der Waals surface area contributed by atoms with Gasteiger partial charge in [-0.1, -0.05) is 31.5 Å². The summed E-state index contributed by atoms with van der Waals surface area (Å²) < 4.78 is 23.0. The third kappa shape index (κ3) is 5.40. The van der Waals surface area contributed by atoms with Gasteiger partial charge in [0.2, 0.25) is 6.10 Å². The zero-order valence-corrected chi connectivity index (χ0v) is 18.8. The van der Waals surface area contributed by atoms with Gasteiger partial charge in [-0.05, 0) is 37.1 Å². The molecule has 7 heteroatoms. The molecule has 1 N–H and O–H groups in total. The molecule has 1 heterocycles. The molecule has 3 rings (SSSR count). The third-order valence-corrected chi connectivity index (χ3v) is 5.41. The minimum atomic E-state index is -1.04. The number of hydrogen-bond acceptors (Lipinski definition) is 6. The maximum absolute atomic E-state index is 11.9. The summed E-state index contributed by atoms with van der Waals surface area (Å²) in [6.45, 7) is 4.30. The lowest BCUT2D eigenvalue weighted by molar-refractivity contribution is -0.154. The first-order valence-corrected chi connectivity index (χ1v) is 10.9. The van der Waals surface area contributed by atoms with Crippen molar-refractivity contribution < 1.29 is 33.6 Å². The van der Waals surface area contributed by atoms with E-state index in [0.717, 1.165) is 24.0 Å². The average molecular weight is 443 g/mol. The molecule has 0 aliphatic carbocycles. The Balaban J connectivity index is 1.58. The van der Waals surface area contributed by atoms with Crippen LogP contribution in [0.25, 0.3) is 0 Å². The number of ether oxygens (including phenoxy) is 4. The number of hydrogen-bond donors (Lipinski definition) is 1. The lowest BCUT2D eigenvalue weighted by atomic mass is 9.99. The van der Waals surface area contributed by atoms with Gasteiger partial charge in [0.05, 0.1) is 25.9 Å². The number of para-hydroxylation sites is 1. The van der Waals surface area contributed by atoms with Gasteiger partial charge in [-0.15, -0.1) is 0 Å². The first-order valence-electron chi connectivity index (χ1n) is 10.9. The molecule has 0 aromatic heterocycles. The van der Waals surface area contributed by atoms with E-state index < -0.39 is 18.2 Å². The van der Waals surface area contributed by atoms with Crippen LogP contribution in [0.5, 0.6) is 17.2 Å². The van der Waals surface area contributed by atoms with Crippen molar-refractivity contribution in [1.82, 2.24) is 0 Å². The van der Waals surface area contributed by atoms with Crippen LogP contribution in [0.15, 0.2) is 36.4 Å². The number of Topliss-reactive ketones (excluding diaryl/α,β-unsaturated/α-hetero) is 1. The number of ketones is 1. The highest BCUT2D eigenvalue weighted by molar-refractivity contribution is 5.97. The molecule has 0 spiro atoms. The minimum absolute atomic E-state index is 0.0524. The van der Waals surface area contributed by atoms with Crippen molar-refractivity contribution in [3.05, 3.63) is 53.1 Å². The van der Waals surface area contributed by atoms with E-state index in [1.54, 1.807) is 25.3 Å². The predicted molar refractivity (Wildman–Crippen MR) is 119 cm³/mol. The van der Waals surface area contributed by atoms with Crippen LogP contribution in [0.4, 0.5) is 0 Å². The Morgan fingerprint density at radius 1 is 1.16 bits per heavy atom. The van der Waals surface area contributed by atoms with E-state index in [2.05, 4.69) is 6.92 Å². The number of carbonyl (C=O) groups excluding carboxylic acids is 1. The molecule has 7 nitrogen and oxygen atoms in total. The lowest BCUT2D eigenvalue weighted by Gasteiger charge is -2.31. The normalized spacial score (nSPS) is 17.2. The molecule has 2 atom stereocenters. The van der Waals surface area contributed by atoms with Crippen LogP contribution in [0.2, 0.25) is 0 Å². The van der Waals surface area contributed by atoms with Crippen molar-refractivity contribution in [3.63, 3.8) is 0 Å². The number of benzene rings is 2. The fraction of sp³-hybridized carbons (Fsp3) is 0.440. The first kappa shape index (κ1) is 23.6. The fourth-order valence-electron chi connectivity index (χ4n) is 3.90. The second-order valence-corrected chi connectivity index (χ2v) is 7.73. The van der Waals surface area contributed by atoms with Crippen LogP contribution < -0.4 is 14.2 Å². The largest absolute Gasteiger partial charge is 0.496 e. The lowest BCUT2D eigenvalue weighted by Crippen LogP contribution is -2.45. The van der Waals surface area contributed by atoms with E-state index in [0.29, 0.717) is 48.9 Å². The average Bonchev–Trinajstić information content (AvgIpc) is 2.78. The number of aliphatic carboxylic acids is 1. The Bertz CT molecular complexity index is 953. The molecule has 32 heavy (non-hydrogen) atoms. The topological polar surface area (TPSA) is 91.3 Å². The Labute approximate surface area is 188 Å². The van der Waals surface area contributed by atoms with Crippen LogP contribution in [0.1, 0.15) is 48.2 Å². The molecule has 0 amide bonds. The number of methoxy groups -OCH3 is 1. The molecule has 0 bridgehead atoms. The number of carboxylic acids is 1. The first-order chi connectivity index (χ1) is 15.5. The SMILES string of the molecule is CCCc1c(OCCCOC2Cc3ccccc3OC2C(=O)O)ccc(C(C)=O)c1OC. The van der Waals surface area contributed by atoms with Crippen molar-refractivity contribution in [2.75, 3.05) is 20.3 Å². The van der Waals surface area contributed by atoms with Crippen molar-refractivity contribution >= 4 is 11.8 Å². The summed E-state index contributed by atoms with van der Waals surface area (Å²) in [6.07, 6.45) is 1.08. The fourth-order valence-corrected chi connectivity index (χ4v) is 3.90. The maximum Gasteiger partial charge on any atom is 0.347 e. The zero-order valence-electron chi connectivity index (χ0n) is 18.8. The van der Waals surface area contributed by atoms with Crippen molar-refractivity contribution in [1.29, 1.82) is 0 Å². The molecule has 0 saturated heterocycles. The highest BCUT2D eigenvalue weighted by atomic mass is 16.6. The molecular formula is C25H30O7. The number of carbonyl (C=O) groups is 2. The van der Waals surface area contributed by atoms with E-state index in [4.69, 9.17) is 18.9 Å². The second kappa shape index (κ2) is 11.0.